The van der Waals surface area contributed by atoms with Gasteiger partial charge in [0.1, 0.15) is 0 Å². The van der Waals surface area contributed by atoms with Gasteiger partial charge >= 0.3 is 0 Å². The van der Waals surface area contributed by atoms with Crippen LogP contribution in [-0.4, -0.2) is 29.3 Å². The smallest absolute Gasteiger partial charge is 0.191 e. The number of nitrogens with zero attached hydrogens (tertiary/aromatic N) is 3. The Hall–Kier alpha value is -1.82. The summed E-state index contributed by atoms with van der Waals surface area (Å²) in [5.74, 6) is 0.838. The van der Waals surface area contributed by atoms with Crippen molar-refractivity contribution in [3.8, 4) is 0 Å². The summed E-state index contributed by atoms with van der Waals surface area (Å²) in [6.45, 7) is 3.84. The van der Waals surface area contributed by atoms with Gasteiger partial charge in [-0.2, -0.15) is 5.10 Å². The van der Waals surface area contributed by atoms with E-state index in [1.54, 1.807) is 7.05 Å². The first-order chi connectivity index (χ1) is 10.2. The summed E-state index contributed by atoms with van der Waals surface area (Å²) in [6.07, 6.45) is 5.97. The van der Waals surface area contributed by atoms with Crippen LogP contribution in [0.1, 0.15) is 22.2 Å². The van der Waals surface area contributed by atoms with Crippen LogP contribution in [0.4, 0.5) is 0 Å². The Morgan fingerprint density at radius 2 is 2.14 bits per heavy atom. The van der Waals surface area contributed by atoms with E-state index in [1.165, 1.54) is 15.3 Å². The van der Waals surface area contributed by atoms with E-state index in [-0.39, 0.29) is 0 Å². The lowest BCUT2D eigenvalue weighted by molar-refractivity contribution is 0.765. The summed E-state index contributed by atoms with van der Waals surface area (Å²) < 4.78 is 1.82. The number of hydrogen-bond acceptors (Lipinski definition) is 3. The number of rotatable bonds is 6. The molecule has 114 valence electrons. The zero-order valence-corrected chi connectivity index (χ0v) is 13.7. The van der Waals surface area contributed by atoms with Crippen LogP contribution < -0.4 is 10.6 Å². The summed E-state index contributed by atoms with van der Waals surface area (Å²) >= 11 is 1.85. The Kier molecular flexibility index (Phi) is 5.80. The van der Waals surface area contributed by atoms with E-state index in [2.05, 4.69) is 39.8 Å². The molecule has 2 aromatic heterocycles. The monoisotopic (exact) mass is 305 g/mol. The van der Waals surface area contributed by atoms with Gasteiger partial charge in [0.25, 0.3) is 0 Å². The van der Waals surface area contributed by atoms with Gasteiger partial charge in [-0.1, -0.05) is 6.92 Å². The highest BCUT2D eigenvalue weighted by atomic mass is 32.1. The minimum atomic E-state index is 0.817. The average molecular weight is 305 g/mol. The van der Waals surface area contributed by atoms with Gasteiger partial charge < -0.3 is 10.6 Å². The van der Waals surface area contributed by atoms with Crippen molar-refractivity contribution in [2.75, 3.05) is 13.6 Å². The molecule has 6 heteroatoms. The molecular weight excluding hydrogens is 282 g/mol. The Morgan fingerprint density at radius 1 is 1.33 bits per heavy atom. The van der Waals surface area contributed by atoms with Gasteiger partial charge in [0.05, 0.1) is 12.7 Å². The van der Waals surface area contributed by atoms with Crippen molar-refractivity contribution in [3.05, 3.63) is 39.8 Å². The summed E-state index contributed by atoms with van der Waals surface area (Å²) in [4.78, 5) is 7.00. The number of nitrogens with one attached hydrogen (secondary N) is 2. The standard InChI is InChI=1S/C15H23N5S/c1-4-13-5-6-14(21-13)10-18-15(16-2)17-8-7-12-9-19-20(3)11-12/h5-6,9,11H,4,7-8,10H2,1-3H3,(H2,16,17,18). The number of guanidine groups is 1. The third-order valence-electron chi connectivity index (χ3n) is 3.18. The first kappa shape index (κ1) is 15.6. The van der Waals surface area contributed by atoms with E-state index in [1.807, 2.05) is 35.5 Å². The van der Waals surface area contributed by atoms with Crippen LogP contribution in [0, 0.1) is 0 Å². The molecule has 0 aliphatic rings. The number of aromatic nitrogens is 2. The number of aliphatic imine (C=N–C) groups is 1. The van der Waals surface area contributed by atoms with E-state index in [9.17, 15) is 0 Å². The molecule has 2 rings (SSSR count). The molecule has 0 spiro atoms. The molecule has 0 saturated heterocycles. The largest absolute Gasteiger partial charge is 0.356 e. The Balaban J connectivity index is 1.73. The number of aryl methyl sites for hydroxylation is 2. The first-order valence-electron chi connectivity index (χ1n) is 7.21. The fourth-order valence-electron chi connectivity index (χ4n) is 2.03. The van der Waals surface area contributed by atoms with Gasteiger partial charge in [0.15, 0.2) is 5.96 Å². The van der Waals surface area contributed by atoms with Crippen molar-refractivity contribution >= 4 is 17.3 Å². The van der Waals surface area contributed by atoms with Crippen molar-refractivity contribution in [1.82, 2.24) is 20.4 Å². The Labute approximate surface area is 130 Å². The molecule has 0 amide bonds. The lowest BCUT2D eigenvalue weighted by Gasteiger charge is -2.10. The van der Waals surface area contributed by atoms with Crippen molar-refractivity contribution in [1.29, 1.82) is 0 Å². The van der Waals surface area contributed by atoms with Crippen LogP contribution in [0.2, 0.25) is 0 Å². The predicted octanol–water partition coefficient (Wildman–Crippen LogP) is 1.95. The van der Waals surface area contributed by atoms with Crippen molar-refractivity contribution < 1.29 is 0 Å². The van der Waals surface area contributed by atoms with Crippen LogP contribution in [0.5, 0.6) is 0 Å². The Morgan fingerprint density at radius 3 is 2.76 bits per heavy atom. The first-order valence-corrected chi connectivity index (χ1v) is 8.02. The predicted molar refractivity (Wildman–Crippen MR) is 88.8 cm³/mol. The van der Waals surface area contributed by atoms with E-state index in [4.69, 9.17) is 0 Å². The molecule has 2 aromatic rings. The molecule has 0 aliphatic carbocycles. The zero-order chi connectivity index (χ0) is 15.1. The molecule has 5 nitrogen and oxygen atoms in total. The van der Waals surface area contributed by atoms with Gasteiger partial charge in [-0.15, -0.1) is 11.3 Å². The van der Waals surface area contributed by atoms with E-state index in [0.29, 0.717) is 0 Å². The van der Waals surface area contributed by atoms with Crippen LogP contribution in [0.15, 0.2) is 29.5 Å². The van der Waals surface area contributed by atoms with Gasteiger partial charge in [0.2, 0.25) is 0 Å². The minimum absolute atomic E-state index is 0.817. The van der Waals surface area contributed by atoms with Gasteiger partial charge in [-0.25, -0.2) is 0 Å². The maximum absolute atomic E-state index is 4.24. The molecule has 2 N–H and O–H groups in total. The highest BCUT2D eigenvalue weighted by molar-refractivity contribution is 7.11. The lowest BCUT2D eigenvalue weighted by atomic mass is 10.2. The van der Waals surface area contributed by atoms with Gasteiger partial charge in [0, 0.05) is 36.6 Å². The van der Waals surface area contributed by atoms with Crippen LogP contribution in [0.25, 0.3) is 0 Å². The van der Waals surface area contributed by atoms with Crippen molar-refractivity contribution in [2.45, 2.75) is 26.3 Å². The SMILES string of the molecule is CCc1ccc(CNC(=NC)NCCc2cnn(C)c2)s1. The molecule has 0 saturated carbocycles. The lowest BCUT2D eigenvalue weighted by Crippen LogP contribution is -2.37. The van der Waals surface area contributed by atoms with Crippen LogP contribution >= 0.6 is 11.3 Å². The normalized spacial score (nSPS) is 11.7. The maximum atomic E-state index is 4.24. The molecule has 21 heavy (non-hydrogen) atoms. The second-order valence-corrected chi connectivity index (χ2v) is 6.10. The summed E-state index contributed by atoms with van der Waals surface area (Å²) in [5.41, 5.74) is 1.23. The van der Waals surface area contributed by atoms with Crippen LogP contribution in [0.3, 0.4) is 0 Å². The van der Waals surface area contributed by atoms with Crippen LogP contribution in [-0.2, 0) is 26.4 Å². The van der Waals surface area contributed by atoms with E-state index in [0.717, 1.165) is 31.9 Å². The molecule has 0 atom stereocenters. The average Bonchev–Trinajstić information content (AvgIpc) is 3.11. The summed E-state index contributed by atoms with van der Waals surface area (Å²) in [5, 5.41) is 10.8. The van der Waals surface area contributed by atoms with Crippen molar-refractivity contribution in [2.24, 2.45) is 12.0 Å². The molecule has 0 fully saturated rings. The summed E-state index contributed by atoms with van der Waals surface area (Å²) in [7, 11) is 3.73. The molecular formula is C15H23N5S. The molecule has 2 heterocycles. The second kappa shape index (κ2) is 7.83. The maximum Gasteiger partial charge on any atom is 0.191 e. The van der Waals surface area contributed by atoms with E-state index < -0.39 is 0 Å². The van der Waals surface area contributed by atoms with Gasteiger partial charge in [-0.3, -0.25) is 9.67 Å². The second-order valence-electron chi connectivity index (χ2n) is 4.85. The Bertz CT molecular complexity index is 584. The molecule has 0 aromatic carbocycles. The topological polar surface area (TPSA) is 54.2 Å². The zero-order valence-electron chi connectivity index (χ0n) is 12.9. The highest BCUT2D eigenvalue weighted by Gasteiger charge is 2.02. The fraction of sp³-hybridized carbons (Fsp3) is 0.467. The summed E-state index contributed by atoms with van der Waals surface area (Å²) in [6, 6.07) is 4.37. The number of hydrogen-bond donors (Lipinski definition) is 2. The minimum Gasteiger partial charge on any atom is -0.356 e. The third-order valence-corrected chi connectivity index (χ3v) is 4.41. The van der Waals surface area contributed by atoms with E-state index >= 15 is 0 Å². The highest BCUT2D eigenvalue weighted by Crippen LogP contribution is 2.16. The molecule has 0 aliphatic heterocycles. The molecule has 0 radical (unpaired) electrons. The van der Waals surface area contributed by atoms with Crippen molar-refractivity contribution in [3.63, 3.8) is 0 Å². The quantitative estimate of drug-likeness (QED) is 0.633. The molecule has 0 unspecified atom stereocenters. The number of thiophene rings is 1. The third kappa shape index (κ3) is 4.90. The molecule has 0 bridgehead atoms. The van der Waals surface area contributed by atoms with Gasteiger partial charge in [-0.05, 0) is 30.5 Å². The fourth-order valence-corrected chi connectivity index (χ4v) is 2.92.